The van der Waals surface area contributed by atoms with Gasteiger partial charge in [0.2, 0.25) is 0 Å². The summed E-state index contributed by atoms with van der Waals surface area (Å²) in [5.41, 5.74) is 6.41. The Labute approximate surface area is 116 Å². The predicted octanol–water partition coefficient (Wildman–Crippen LogP) is 4.56. The molecular formula is C14H9F3N2S. The van der Waals surface area contributed by atoms with Crippen molar-refractivity contribution >= 4 is 27.2 Å². The molecule has 102 valence electrons. The maximum Gasteiger partial charge on any atom is 0.416 e. The molecule has 2 aromatic carbocycles. The van der Waals surface area contributed by atoms with Gasteiger partial charge < -0.3 is 5.73 Å². The number of fused-ring (bicyclic) bond motifs is 1. The summed E-state index contributed by atoms with van der Waals surface area (Å²) in [5.74, 6) is 0. The summed E-state index contributed by atoms with van der Waals surface area (Å²) in [4.78, 5) is 4.39. The zero-order valence-electron chi connectivity index (χ0n) is 10.1. The second-order valence-corrected chi connectivity index (χ2v) is 5.32. The standard InChI is InChI=1S/C14H9F3N2S/c15-14(16,17)8-5-6-9(10(18)7-8)13-19-11-3-1-2-4-12(11)20-13/h1-7H,18H2. The number of rotatable bonds is 1. The van der Waals surface area contributed by atoms with Crippen LogP contribution >= 0.6 is 11.3 Å². The van der Waals surface area contributed by atoms with Crippen molar-refractivity contribution in [2.45, 2.75) is 6.18 Å². The Morgan fingerprint density at radius 1 is 1.05 bits per heavy atom. The first-order valence-corrected chi connectivity index (χ1v) is 6.59. The van der Waals surface area contributed by atoms with Crippen LogP contribution < -0.4 is 5.73 Å². The monoisotopic (exact) mass is 294 g/mol. The summed E-state index contributed by atoms with van der Waals surface area (Å²) in [6, 6.07) is 10.9. The van der Waals surface area contributed by atoms with E-state index in [0.717, 1.165) is 22.3 Å². The molecule has 0 radical (unpaired) electrons. The molecule has 3 rings (SSSR count). The number of hydrogen-bond acceptors (Lipinski definition) is 3. The first kappa shape index (κ1) is 12.9. The molecule has 0 fully saturated rings. The van der Waals surface area contributed by atoms with E-state index in [9.17, 15) is 13.2 Å². The fraction of sp³-hybridized carbons (Fsp3) is 0.0714. The molecule has 0 atom stereocenters. The van der Waals surface area contributed by atoms with Crippen molar-refractivity contribution in [3.05, 3.63) is 48.0 Å². The predicted molar refractivity (Wildman–Crippen MR) is 74.5 cm³/mol. The highest BCUT2D eigenvalue weighted by Gasteiger charge is 2.31. The third-order valence-corrected chi connectivity index (χ3v) is 3.97. The van der Waals surface area contributed by atoms with E-state index < -0.39 is 11.7 Å². The molecule has 0 amide bonds. The summed E-state index contributed by atoms with van der Waals surface area (Å²) in [7, 11) is 0. The van der Waals surface area contributed by atoms with Crippen LogP contribution in [-0.4, -0.2) is 4.98 Å². The molecule has 3 aromatic rings. The van der Waals surface area contributed by atoms with E-state index in [1.165, 1.54) is 17.4 Å². The Kier molecular flexibility index (Phi) is 2.90. The lowest BCUT2D eigenvalue weighted by atomic mass is 10.1. The molecule has 6 heteroatoms. The normalized spacial score (nSPS) is 11.9. The number of thiazole rings is 1. The molecule has 1 aromatic heterocycles. The lowest BCUT2D eigenvalue weighted by molar-refractivity contribution is -0.137. The van der Waals surface area contributed by atoms with Crippen LogP contribution in [0.1, 0.15) is 5.56 Å². The minimum atomic E-state index is -4.39. The largest absolute Gasteiger partial charge is 0.416 e. The van der Waals surface area contributed by atoms with E-state index in [-0.39, 0.29) is 5.69 Å². The number of hydrogen-bond donors (Lipinski definition) is 1. The van der Waals surface area contributed by atoms with Gasteiger partial charge in [-0.2, -0.15) is 13.2 Å². The van der Waals surface area contributed by atoms with E-state index >= 15 is 0 Å². The molecular weight excluding hydrogens is 285 g/mol. The van der Waals surface area contributed by atoms with E-state index in [1.54, 1.807) is 0 Å². The van der Waals surface area contributed by atoms with Gasteiger partial charge >= 0.3 is 6.18 Å². The molecule has 0 saturated heterocycles. The third kappa shape index (κ3) is 2.22. The van der Waals surface area contributed by atoms with Crippen LogP contribution in [-0.2, 0) is 6.18 Å². The van der Waals surface area contributed by atoms with Crippen molar-refractivity contribution in [1.29, 1.82) is 0 Å². The molecule has 0 aliphatic carbocycles. The maximum absolute atomic E-state index is 12.6. The summed E-state index contributed by atoms with van der Waals surface area (Å²) in [6.45, 7) is 0. The van der Waals surface area contributed by atoms with E-state index in [4.69, 9.17) is 5.73 Å². The number of alkyl halides is 3. The van der Waals surface area contributed by atoms with Gasteiger partial charge in [-0.3, -0.25) is 0 Å². The van der Waals surface area contributed by atoms with Gasteiger partial charge in [0.1, 0.15) is 5.01 Å². The molecule has 0 aliphatic rings. The van der Waals surface area contributed by atoms with Crippen LogP contribution in [0.5, 0.6) is 0 Å². The van der Waals surface area contributed by atoms with Gasteiger partial charge in [-0.15, -0.1) is 11.3 Å². The van der Waals surface area contributed by atoms with Gasteiger partial charge in [-0.1, -0.05) is 12.1 Å². The first-order chi connectivity index (χ1) is 9.45. The van der Waals surface area contributed by atoms with Crippen molar-refractivity contribution in [3.8, 4) is 10.6 Å². The van der Waals surface area contributed by atoms with Crippen LogP contribution in [0.4, 0.5) is 18.9 Å². The third-order valence-electron chi connectivity index (χ3n) is 2.90. The molecule has 0 aliphatic heterocycles. The Morgan fingerprint density at radius 2 is 1.80 bits per heavy atom. The number of halogens is 3. The highest BCUT2D eigenvalue weighted by Crippen LogP contribution is 2.37. The zero-order valence-corrected chi connectivity index (χ0v) is 10.9. The second kappa shape index (κ2) is 4.49. The Bertz CT molecular complexity index is 744. The van der Waals surface area contributed by atoms with Gasteiger partial charge in [0.15, 0.2) is 0 Å². The van der Waals surface area contributed by atoms with E-state index in [1.807, 2.05) is 24.3 Å². The molecule has 2 N–H and O–H groups in total. The minimum Gasteiger partial charge on any atom is -0.398 e. The zero-order chi connectivity index (χ0) is 14.3. The summed E-state index contributed by atoms with van der Waals surface area (Å²) >= 11 is 1.41. The van der Waals surface area contributed by atoms with Crippen LogP contribution in [0.2, 0.25) is 0 Å². The van der Waals surface area contributed by atoms with Crippen LogP contribution in [0.25, 0.3) is 20.8 Å². The molecule has 20 heavy (non-hydrogen) atoms. The minimum absolute atomic E-state index is 0.0823. The average Bonchev–Trinajstić information content (AvgIpc) is 2.80. The fourth-order valence-corrected chi connectivity index (χ4v) is 2.93. The van der Waals surface area contributed by atoms with Crippen molar-refractivity contribution in [1.82, 2.24) is 4.98 Å². The number of aromatic nitrogens is 1. The molecule has 0 saturated carbocycles. The average molecular weight is 294 g/mol. The lowest BCUT2D eigenvalue weighted by Crippen LogP contribution is -2.05. The lowest BCUT2D eigenvalue weighted by Gasteiger charge is -2.09. The highest BCUT2D eigenvalue weighted by molar-refractivity contribution is 7.21. The SMILES string of the molecule is Nc1cc(C(F)(F)F)ccc1-c1nc2ccccc2s1. The Hall–Kier alpha value is -2.08. The van der Waals surface area contributed by atoms with Gasteiger partial charge in [0.05, 0.1) is 15.8 Å². The van der Waals surface area contributed by atoms with Crippen molar-refractivity contribution in [3.63, 3.8) is 0 Å². The van der Waals surface area contributed by atoms with E-state index in [0.29, 0.717) is 10.6 Å². The number of nitrogen functional groups attached to an aromatic ring is 1. The summed E-state index contributed by atoms with van der Waals surface area (Å²) in [5, 5.41) is 0.623. The number of benzene rings is 2. The van der Waals surface area contributed by atoms with Crippen molar-refractivity contribution in [2.24, 2.45) is 0 Å². The number of anilines is 1. The number of nitrogens with two attached hydrogens (primary N) is 1. The smallest absolute Gasteiger partial charge is 0.398 e. The highest BCUT2D eigenvalue weighted by atomic mass is 32.1. The van der Waals surface area contributed by atoms with Crippen molar-refractivity contribution in [2.75, 3.05) is 5.73 Å². The number of para-hydroxylation sites is 1. The molecule has 0 unspecified atom stereocenters. The Morgan fingerprint density at radius 3 is 2.45 bits per heavy atom. The van der Waals surface area contributed by atoms with Gasteiger partial charge in [-0.05, 0) is 30.3 Å². The van der Waals surface area contributed by atoms with E-state index in [2.05, 4.69) is 4.98 Å². The summed E-state index contributed by atoms with van der Waals surface area (Å²) < 4.78 is 38.8. The molecule has 0 spiro atoms. The Balaban J connectivity index is 2.10. The fourth-order valence-electron chi connectivity index (χ4n) is 1.92. The molecule has 1 heterocycles. The first-order valence-electron chi connectivity index (χ1n) is 5.78. The van der Waals surface area contributed by atoms with Crippen LogP contribution in [0.3, 0.4) is 0 Å². The molecule has 2 nitrogen and oxygen atoms in total. The van der Waals surface area contributed by atoms with Gasteiger partial charge in [-0.25, -0.2) is 4.98 Å². The van der Waals surface area contributed by atoms with Crippen LogP contribution in [0, 0.1) is 0 Å². The van der Waals surface area contributed by atoms with Gasteiger partial charge in [0, 0.05) is 11.3 Å². The van der Waals surface area contributed by atoms with Gasteiger partial charge in [0.25, 0.3) is 0 Å². The quantitative estimate of drug-likeness (QED) is 0.668. The second-order valence-electron chi connectivity index (χ2n) is 4.29. The van der Waals surface area contributed by atoms with Crippen molar-refractivity contribution < 1.29 is 13.2 Å². The topological polar surface area (TPSA) is 38.9 Å². The molecule has 0 bridgehead atoms. The van der Waals surface area contributed by atoms with Crippen LogP contribution in [0.15, 0.2) is 42.5 Å². The number of nitrogens with zero attached hydrogens (tertiary/aromatic N) is 1. The maximum atomic E-state index is 12.6. The summed E-state index contributed by atoms with van der Waals surface area (Å²) in [6.07, 6.45) is -4.39.